The van der Waals surface area contributed by atoms with E-state index in [1.807, 2.05) is 0 Å². The second-order valence-electron chi connectivity index (χ2n) is 8.50. The molecule has 34 heavy (non-hydrogen) atoms. The molecule has 0 N–H and O–H groups in total. The quantitative estimate of drug-likeness (QED) is 0.185. The third-order valence-corrected chi connectivity index (χ3v) is 5.62. The lowest BCUT2D eigenvalue weighted by atomic mass is 10.0. The molecule has 0 radical (unpaired) electrons. The average Bonchev–Trinajstić information content (AvgIpc) is 2.81. The molecular formula is C23H33F7O4. The van der Waals surface area contributed by atoms with Gasteiger partial charge in [-0.05, 0) is 12.8 Å². The van der Waals surface area contributed by atoms with Crippen molar-refractivity contribution in [3.63, 3.8) is 0 Å². The van der Waals surface area contributed by atoms with Crippen molar-refractivity contribution in [2.75, 3.05) is 26.5 Å². The van der Waals surface area contributed by atoms with Crippen LogP contribution in [0.1, 0.15) is 58.3 Å². The first kappa shape index (κ1) is 29.1. The number of hydrogen-bond acceptors (Lipinski definition) is 4. The molecule has 0 amide bonds. The van der Waals surface area contributed by atoms with Crippen molar-refractivity contribution in [3.05, 3.63) is 23.8 Å². The van der Waals surface area contributed by atoms with Gasteiger partial charge in [0.1, 0.15) is 6.10 Å². The molecule has 0 bridgehead atoms. The number of halogens is 7. The van der Waals surface area contributed by atoms with Crippen LogP contribution in [0.4, 0.5) is 30.7 Å². The molecule has 2 aliphatic rings. The van der Waals surface area contributed by atoms with E-state index < -0.39 is 37.0 Å². The van der Waals surface area contributed by atoms with Crippen molar-refractivity contribution in [1.29, 1.82) is 0 Å². The van der Waals surface area contributed by atoms with E-state index in [1.54, 1.807) is 0 Å². The Bertz CT molecular complexity index is 662. The zero-order valence-electron chi connectivity index (χ0n) is 19.2. The Hall–Kier alpha value is -1.17. The smallest absolute Gasteiger partial charge is 0.373 e. The summed E-state index contributed by atoms with van der Waals surface area (Å²) >= 11 is 0. The number of rotatable bonds is 15. The van der Waals surface area contributed by atoms with E-state index in [-0.39, 0.29) is 25.7 Å². The number of ether oxygens (including phenoxy) is 4. The number of hydrogen-bond donors (Lipinski definition) is 0. The van der Waals surface area contributed by atoms with Gasteiger partial charge in [0.2, 0.25) is 0 Å². The van der Waals surface area contributed by atoms with Gasteiger partial charge in [-0.1, -0.05) is 63.7 Å². The van der Waals surface area contributed by atoms with Crippen LogP contribution in [0.2, 0.25) is 0 Å². The first-order valence-corrected chi connectivity index (χ1v) is 11.6. The Kier molecular flexibility index (Phi) is 11.3. The van der Waals surface area contributed by atoms with Gasteiger partial charge < -0.3 is 18.9 Å². The maximum atomic E-state index is 13.6. The predicted octanol–water partition coefficient (Wildman–Crippen LogP) is 6.60. The van der Waals surface area contributed by atoms with Crippen LogP contribution in [0, 0.1) is 0 Å². The summed E-state index contributed by atoms with van der Waals surface area (Å²) in [5.41, 5.74) is 0.453. The Morgan fingerprint density at radius 1 is 0.941 bits per heavy atom. The van der Waals surface area contributed by atoms with Crippen molar-refractivity contribution in [3.8, 4) is 0 Å². The van der Waals surface area contributed by atoms with Gasteiger partial charge in [-0.25, -0.2) is 4.39 Å². The number of unbranched alkanes of at least 4 members (excludes halogenated alkanes) is 6. The lowest BCUT2D eigenvalue weighted by Crippen LogP contribution is -2.57. The van der Waals surface area contributed by atoms with Crippen LogP contribution in [0.15, 0.2) is 23.8 Å². The fraction of sp³-hybridized carbons (Fsp3) is 0.826. The molecule has 1 unspecified atom stereocenters. The van der Waals surface area contributed by atoms with Gasteiger partial charge in [-0.2, -0.15) is 26.3 Å². The molecule has 4 nitrogen and oxygen atoms in total. The molecule has 1 fully saturated rings. The SMILES string of the molecule is CCCCCCCCCOC1COC(C2=CCC(OC(F)(F)C(F)(F)C(F)(F)CF)C=C2)OC1. The highest BCUT2D eigenvalue weighted by Crippen LogP contribution is 2.47. The minimum absolute atomic E-state index is 0.237. The number of alkyl halides is 7. The standard InChI is InChI=1S/C23H33F7O4/c1-2-3-4-5-6-7-8-13-31-19-14-32-20(33-15-19)17-9-11-18(12-10-17)34-23(29,30)22(27,28)21(25,26)16-24/h9-11,18-20H,2-8,12-16H2,1H3. The molecular weight excluding hydrogens is 473 g/mol. The van der Waals surface area contributed by atoms with Crippen LogP contribution in [0.3, 0.4) is 0 Å². The molecule has 0 aromatic rings. The van der Waals surface area contributed by atoms with E-state index in [0.717, 1.165) is 18.9 Å². The summed E-state index contributed by atoms with van der Waals surface area (Å²) in [6.45, 7) is 0.347. The van der Waals surface area contributed by atoms with Crippen LogP contribution >= 0.6 is 0 Å². The molecule has 1 atom stereocenters. The summed E-state index contributed by atoms with van der Waals surface area (Å²) in [5, 5.41) is 0. The van der Waals surface area contributed by atoms with Gasteiger partial charge in [0.05, 0.1) is 19.3 Å². The third kappa shape index (κ3) is 7.93. The van der Waals surface area contributed by atoms with Crippen LogP contribution in [-0.4, -0.2) is 62.9 Å². The van der Waals surface area contributed by atoms with Gasteiger partial charge in [-0.3, -0.25) is 0 Å². The Labute approximate surface area is 195 Å². The molecule has 1 heterocycles. The van der Waals surface area contributed by atoms with Crippen molar-refractivity contribution in [2.24, 2.45) is 0 Å². The largest absolute Gasteiger partial charge is 0.426 e. The fourth-order valence-electron chi connectivity index (χ4n) is 3.52. The van der Waals surface area contributed by atoms with Crippen molar-refractivity contribution in [1.82, 2.24) is 0 Å². The molecule has 2 rings (SSSR count). The van der Waals surface area contributed by atoms with Gasteiger partial charge in [0, 0.05) is 12.2 Å². The lowest BCUT2D eigenvalue weighted by Gasteiger charge is -2.34. The molecule has 0 aromatic carbocycles. The predicted molar refractivity (Wildman–Crippen MR) is 111 cm³/mol. The van der Waals surface area contributed by atoms with Gasteiger partial charge in [0.15, 0.2) is 13.0 Å². The highest BCUT2D eigenvalue weighted by molar-refractivity contribution is 5.27. The van der Waals surface area contributed by atoms with Gasteiger partial charge in [0.25, 0.3) is 0 Å². The normalized spacial score (nSPS) is 24.4. The molecule has 11 heteroatoms. The van der Waals surface area contributed by atoms with Gasteiger partial charge in [-0.15, -0.1) is 0 Å². The minimum atomic E-state index is -6.01. The van der Waals surface area contributed by atoms with E-state index in [9.17, 15) is 30.7 Å². The van der Waals surface area contributed by atoms with E-state index in [2.05, 4.69) is 11.7 Å². The third-order valence-electron chi connectivity index (χ3n) is 5.62. The van der Waals surface area contributed by atoms with Crippen LogP contribution in [0.25, 0.3) is 0 Å². The van der Waals surface area contributed by atoms with Crippen LogP contribution in [-0.2, 0) is 18.9 Å². The Balaban J connectivity index is 1.70. The Morgan fingerprint density at radius 3 is 2.12 bits per heavy atom. The molecule has 1 aliphatic heterocycles. The second kappa shape index (κ2) is 13.2. The van der Waals surface area contributed by atoms with E-state index in [4.69, 9.17) is 14.2 Å². The minimum Gasteiger partial charge on any atom is -0.373 e. The fourth-order valence-corrected chi connectivity index (χ4v) is 3.52. The van der Waals surface area contributed by atoms with Crippen LogP contribution in [0.5, 0.6) is 0 Å². The zero-order chi connectivity index (χ0) is 25.2. The summed E-state index contributed by atoms with van der Waals surface area (Å²) in [4.78, 5) is 0. The Morgan fingerprint density at radius 2 is 1.56 bits per heavy atom. The van der Waals surface area contributed by atoms with Crippen molar-refractivity contribution >= 4 is 0 Å². The highest BCUT2D eigenvalue weighted by atomic mass is 19.4. The van der Waals surface area contributed by atoms with E-state index in [1.165, 1.54) is 44.3 Å². The first-order chi connectivity index (χ1) is 16.0. The summed E-state index contributed by atoms with van der Waals surface area (Å²) in [6, 6.07) is 0. The summed E-state index contributed by atoms with van der Waals surface area (Å²) in [5.74, 6) is -11.6. The monoisotopic (exact) mass is 506 g/mol. The lowest BCUT2D eigenvalue weighted by molar-refractivity contribution is -0.405. The summed E-state index contributed by atoms with van der Waals surface area (Å²) in [7, 11) is 0. The average molecular weight is 506 g/mol. The molecule has 1 saturated heterocycles. The summed E-state index contributed by atoms with van der Waals surface area (Å²) < 4.78 is 113. The summed E-state index contributed by atoms with van der Waals surface area (Å²) in [6.07, 6.45) is 3.32. The maximum absolute atomic E-state index is 13.6. The van der Waals surface area contributed by atoms with Crippen molar-refractivity contribution in [2.45, 2.75) is 94.7 Å². The molecule has 198 valence electrons. The molecule has 0 saturated carbocycles. The second-order valence-corrected chi connectivity index (χ2v) is 8.50. The topological polar surface area (TPSA) is 36.9 Å². The highest BCUT2D eigenvalue weighted by Gasteiger charge is 2.73. The van der Waals surface area contributed by atoms with Crippen molar-refractivity contribution < 1.29 is 49.7 Å². The molecule has 0 spiro atoms. The van der Waals surface area contributed by atoms with Crippen LogP contribution < -0.4 is 0 Å². The molecule has 1 aliphatic carbocycles. The van der Waals surface area contributed by atoms with Gasteiger partial charge >= 0.3 is 18.0 Å². The molecule has 0 aromatic heterocycles. The zero-order valence-corrected chi connectivity index (χ0v) is 19.2. The van der Waals surface area contributed by atoms with E-state index >= 15 is 0 Å². The van der Waals surface area contributed by atoms with E-state index in [0.29, 0.717) is 12.2 Å². The first-order valence-electron chi connectivity index (χ1n) is 11.6. The maximum Gasteiger partial charge on any atom is 0.426 e.